The molecule has 1 N–H and O–H groups in total. The molecule has 1 spiro atoms. The number of ether oxygens (including phenoxy) is 1. The highest BCUT2D eigenvalue weighted by Crippen LogP contribution is 2.48. The zero-order valence-corrected chi connectivity index (χ0v) is 18.5. The Morgan fingerprint density at radius 3 is 2.19 bits per heavy atom. The van der Waals surface area contributed by atoms with E-state index in [0.717, 1.165) is 37.0 Å². The Bertz CT molecular complexity index is 1090. The van der Waals surface area contributed by atoms with Crippen LogP contribution in [0.2, 0.25) is 0 Å². The van der Waals surface area contributed by atoms with Crippen LogP contribution >= 0.6 is 0 Å². The molecule has 1 aliphatic carbocycles. The van der Waals surface area contributed by atoms with Gasteiger partial charge in [-0.05, 0) is 67.5 Å². The van der Waals surface area contributed by atoms with Crippen molar-refractivity contribution in [2.75, 3.05) is 0 Å². The van der Waals surface area contributed by atoms with E-state index in [1.165, 1.54) is 0 Å². The number of halogens is 3. The number of aryl methyl sites for hydroxylation is 1. The highest BCUT2D eigenvalue weighted by molar-refractivity contribution is 6.26. The molecule has 2 aliphatic rings. The quantitative estimate of drug-likeness (QED) is 0.537. The molecule has 0 radical (unpaired) electrons. The monoisotopic (exact) mass is 444 g/mol. The van der Waals surface area contributed by atoms with Gasteiger partial charge in [0.2, 0.25) is 0 Å². The number of aliphatic hydroxyl groups excluding tert-OH is 1. The third kappa shape index (κ3) is 3.64. The van der Waals surface area contributed by atoms with Crippen molar-refractivity contribution in [1.29, 1.82) is 0 Å². The summed E-state index contributed by atoms with van der Waals surface area (Å²) in [5.74, 6) is -4.36. The number of ketones is 1. The van der Waals surface area contributed by atoms with Gasteiger partial charge in [0.25, 0.3) is 0 Å². The minimum Gasteiger partial charge on any atom is -0.508 e. The molecule has 2 aromatic carbocycles. The van der Waals surface area contributed by atoms with Gasteiger partial charge in [-0.2, -0.15) is 0 Å². The van der Waals surface area contributed by atoms with Gasteiger partial charge >= 0.3 is 0 Å². The first-order valence-electron chi connectivity index (χ1n) is 11.1. The van der Waals surface area contributed by atoms with Crippen LogP contribution in [-0.2, 0) is 16.0 Å². The van der Waals surface area contributed by atoms with Crippen molar-refractivity contribution in [3.8, 4) is 11.1 Å². The lowest BCUT2D eigenvalue weighted by molar-refractivity contribution is -0.172. The van der Waals surface area contributed by atoms with Crippen LogP contribution in [0.15, 0.2) is 36.1 Å². The van der Waals surface area contributed by atoms with Crippen LogP contribution in [0.5, 0.6) is 0 Å². The summed E-state index contributed by atoms with van der Waals surface area (Å²) in [7, 11) is 0. The minimum absolute atomic E-state index is 0.0251. The number of hydrogen-bond donors (Lipinski definition) is 1. The molecule has 1 saturated carbocycles. The molecule has 0 bridgehead atoms. The molecule has 3 nitrogen and oxygen atoms in total. The van der Waals surface area contributed by atoms with Crippen molar-refractivity contribution in [3.63, 3.8) is 0 Å². The van der Waals surface area contributed by atoms with E-state index in [1.807, 2.05) is 6.92 Å². The maximum Gasteiger partial charge on any atom is 0.198 e. The predicted molar refractivity (Wildman–Crippen MR) is 117 cm³/mol. The first-order valence-corrected chi connectivity index (χ1v) is 11.1. The molecular formula is C26H27F3O3. The normalized spacial score (nSPS) is 20.1. The lowest BCUT2D eigenvalue weighted by Crippen LogP contribution is -2.53. The van der Waals surface area contributed by atoms with Gasteiger partial charge in [-0.25, -0.2) is 13.2 Å². The third-order valence-electron chi connectivity index (χ3n) is 6.63. The third-order valence-corrected chi connectivity index (χ3v) is 6.63. The molecule has 0 saturated heterocycles. The number of Topliss-reactive ketones (excluding diaryl/α,β-unsaturated/α-hetero) is 1. The highest BCUT2D eigenvalue weighted by Gasteiger charge is 2.52. The maximum absolute atomic E-state index is 13.8. The van der Waals surface area contributed by atoms with Gasteiger partial charge in [-0.3, -0.25) is 4.79 Å². The number of rotatable bonds is 3. The SMILES string of the molecule is CCc1cc(-c2cc(F)c(F)c(F)c2)ccc1C1=C(O)C2(CCCCC2)OC(C)(C)C1=O. The molecule has 1 heterocycles. The van der Waals surface area contributed by atoms with E-state index in [-0.39, 0.29) is 22.7 Å². The van der Waals surface area contributed by atoms with Gasteiger partial charge in [-0.1, -0.05) is 44.4 Å². The zero-order chi connectivity index (χ0) is 23.3. The summed E-state index contributed by atoms with van der Waals surface area (Å²) in [6.07, 6.45) is 4.68. The Hall–Kier alpha value is -2.60. The standard InChI is InChI=1S/C26H27F3O3/c1-4-15-12-16(17-13-19(27)22(29)20(28)14-17)8-9-18(15)21-23(30)25(2,3)32-26(24(21)31)10-6-5-7-11-26/h8-9,12-14,31H,4-7,10-11H2,1-3H3. The van der Waals surface area contributed by atoms with Crippen LogP contribution in [0.4, 0.5) is 13.2 Å². The number of carbonyl (C=O) groups is 1. The Morgan fingerprint density at radius 2 is 1.59 bits per heavy atom. The summed E-state index contributed by atoms with van der Waals surface area (Å²) in [4.78, 5) is 13.4. The zero-order valence-electron chi connectivity index (χ0n) is 18.5. The molecule has 6 heteroatoms. The fourth-order valence-electron chi connectivity index (χ4n) is 4.96. The molecule has 32 heavy (non-hydrogen) atoms. The van der Waals surface area contributed by atoms with E-state index >= 15 is 0 Å². The fraction of sp³-hybridized carbons (Fsp3) is 0.423. The summed E-state index contributed by atoms with van der Waals surface area (Å²) >= 11 is 0. The van der Waals surface area contributed by atoms with Gasteiger partial charge in [0.15, 0.2) is 23.2 Å². The fourth-order valence-corrected chi connectivity index (χ4v) is 4.96. The molecule has 0 amide bonds. The number of hydrogen-bond acceptors (Lipinski definition) is 3. The van der Waals surface area contributed by atoms with Crippen LogP contribution in [0, 0.1) is 17.5 Å². The second-order valence-electron chi connectivity index (χ2n) is 9.20. The van der Waals surface area contributed by atoms with E-state index in [4.69, 9.17) is 4.74 Å². The Kier molecular flexibility index (Phi) is 5.70. The molecule has 1 aliphatic heterocycles. The van der Waals surface area contributed by atoms with Gasteiger partial charge in [0.05, 0.1) is 5.57 Å². The molecule has 2 aromatic rings. The average molecular weight is 444 g/mol. The molecular weight excluding hydrogens is 417 g/mol. The topological polar surface area (TPSA) is 46.5 Å². The molecule has 4 rings (SSSR count). The number of aliphatic hydroxyl groups is 1. The molecule has 1 fully saturated rings. The maximum atomic E-state index is 13.8. The van der Waals surface area contributed by atoms with Gasteiger partial charge in [0, 0.05) is 0 Å². The number of carbonyl (C=O) groups excluding carboxylic acids is 1. The second kappa shape index (κ2) is 8.07. The summed E-state index contributed by atoms with van der Waals surface area (Å²) in [6, 6.07) is 6.94. The smallest absolute Gasteiger partial charge is 0.198 e. The first kappa shape index (κ1) is 22.6. The van der Waals surface area contributed by atoms with E-state index in [1.54, 1.807) is 32.0 Å². The summed E-state index contributed by atoms with van der Waals surface area (Å²) in [5.41, 5.74) is 0.305. The Labute approximate surface area is 185 Å². The van der Waals surface area contributed by atoms with Crippen LogP contribution in [-0.4, -0.2) is 22.1 Å². The van der Waals surface area contributed by atoms with Crippen LogP contribution in [0.3, 0.4) is 0 Å². The van der Waals surface area contributed by atoms with Crippen molar-refractivity contribution >= 4 is 11.4 Å². The van der Waals surface area contributed by atoms with Crippen molar-refractivity contribution in [2.45, 2.75) is 70.5 Å². The summed E-state index contributed by atoms with van der Waals surface area (Å²) in [6.45, 7) is 5.35. The largest absolute Gasteiger partial charge is 0.508 e. The summed E-state index contributed by atoms with van der Waals surface area (Å²) < 4.78 is 47.1. The number of benzene rings is 2. The predicted octanol–water partition coefficient (Wildman–Crippen LogP) is 6.68. The highest BCUT2D eigenvalue weighted by atomic mass is 19.2. The first-order chi connectivity index (χ1) is 15.1. The second-order valence-corrected chi connectivity index (χ2v) is 9.20. The Morgan fingerprint density at radius 1 is 0.969 bits per heavy atom. The van der Waals surface area contributed by atoms with Crippen LogP contribution in [0.1, 0.15) is 64.0 Å². The molecule has 0 atom stereocenters. The Balaban J connectivity index is 1.87. The molecule has 170 valence electrons. The van der Waals surface area contributed by atoms with Crippen LogP contribution < -0.4 is 0 Å². The lowest BCUT2D eigenvalue weighted by atomic mass is 9.74. The van der Waals surface area contributed by atoms with Crippen LogP contribution in [0.25, 0.3) is 16.7 Å². The molecule has 0 unspecified atom stereocenters. The van der Waals surface area contributed by atoms with Crippen molar-refractivity contribution in [3.05, 3.63) is 64.7 Å². The van der Waals surface area contributed by atoms with E-state index < -0.39 is 28.7 Å². The lowest BCUT2D eigenvalue weighted by Gasteiger charge is -2.46. The van der Waals surface area contributed by atoms with Gasteiger partial charge < -0.3 is 9.84 Å². The van der Waals surface area contributed by atoms with E-state index in [2.05, 4.69) is 0 Å². The molecule has 0 aromatic heterocycles. The van der Waals surface area contributed by atoms with Gasteiger partial charge in [-0.15, -0.1) is 0 Å². The summed E-state index contributed by atoms with van der Waals surface area (Å²) in [5, 5.41) is 11.3. The van der Waals surface area contributed by atoms with Crippen molar-refractivity contribution < 1.29 is 27.8 Å². The van der Waals surface area contributed by atoms with Crippen molar-refractivity contribution in [2.24, 2.45) is 0 Å². The van der Waals surface area contributed by atoms with Gasteiger partial charge in [0.1, 0.15) is 17.0 Å². The van der Waals surface area contributed by atoms with E-state index in [9.17, 15) is 23.1 Å². The van der Waals surface area contributed by atoms with E-state index in [0.29, 0.717) is 30.4 Å². The van der Waals surface area contributed by atoms with Crippen molar-refractivity contribution in [1.82, 2.24) is 0 Å². The minimum atomic E-state index is -1.51. The average Bonchev–Trinajstić information content (AvgIpc) is 2.76.